The smallest absolute Gasteiger partial charge is 0.0538 e. The topological polar surface area (TPSA) is 29.9 Å². The van der Waals surface area contributed by atoms with Crippen molar-refractivity contribution in [1.29, 1.82) is 0 Å². The molecule has 0 amide bonds. The van der Waals surface area contributed by atoms with E-state index in [1.807, 2.05) is 18.0 Å². The fourth-order valence-corrected chi connectivity index (χ4v) is 4.41. The molecule has 3 nitrogen and oxygen atoms in total. The van der Waals surface area contributed by atoms with Gasteiger partial charge in [0.15, 0.2) is 0 Å². The first-order valence-corrected chi connectivity index (χ1v) is 8.70. The minimum absolute atomic E-state index is 0.373. The quantitative estimate of drug-likeness (QED) is 0.883. The van der Waals surface area contributed by atoms with Crippen LogP contribution in [-0.4, -0.2) is 21.6 Å². The highest BCUT2D eigenvalue weighted by Gasteiger charge is 2.30. The van der Waals surface area contributed by atoms with Crippen molar-refractivity contribution in [3.05, 3.63) is 47.8 Å². The van der Waals surface area contributed by atoms with Crippen LogP contribution < -0.4 is 5.32 Å². The Hall–Kier alpha value is -1.26. The van der Waals surface area contributed by atoms with Crippen molar-refractivity contribution in [3.63, 3.8) is 0 Å². The van der Waals surface area contributed by atoms with Crippen molar-refractivity contribution in [2.24, 2.45) is 0 Å². The van der Waals surface area contributed by atoms with Crippen LogP contribution in [0, 0.1) is 0 Å². The van der Waals surface area contributed by atoms with Crippen LogP contribution in [0.5, 0.6) is 0 Å². The Morgan fingerprint density at radius 1 is 1.38 bits per heavy atom. The van der Waals surface area contributed by atoms with E-state index in [4.69, 9.17) is 0 Å². The third kappa shape index (κ3) is 3.16. The summed E-state index contributed by atoms with van der Waals surface area (Å²) < 4.78 is 2.06. The Balaban J connectivity index is 1.79. The van der Waals surface area contributed by atoms with Gasteiger partial charge < -0.3 is 5.32 Å². The van der Waals surface area contributed by atoms with Crippen LogP contribution >= 0.6 is 11.8 Å². The van der Waals surface area contributed by atoms with Crippen LogP contribution in [0.2, 0.25) is 0 Å². The van der Waals surface area contributed by atoms with Crippen LogP contribution in [0.25, 0.3) is 0 Å². The molecule has 112 valence electrons. The number of nitrogens with zero attached hydrogens (tertiary/aromatic N) is 2. The van der Waals surface area contributed by atoms with E-state index in [2.05, 4.69) is 59.4 Å². The van der Waals surface area contributed by atoms with Crippen molar-refractivity contribution >= 4 is 11.8 Å². The van der Waals surface area contributed by atoms with Gasteiger partial charge in [0.25, 0.3) is 0 Å². The van der Waals surface area contributed by atoms with E-state index in [-0.39, 0.29) is 0 Å². The van der Waals surface area contributed by atoms with Crippen molar-refractivity contribution in [2.45, 2.75) is 49.4 Å². The first kappa shape index (κ1) is 14.7. The Morgan fingerprint density at radius 3 is 3.00 bits per heavy atom. The SMILES string of the molecule is CCCn1cc(C(NCC)C2Cc3ccccc3S2)cn1. The van der Waals surface area contributed by atoms with E-state index in [0.717, 1.165) is 25.9 Å². The standard InChI is InChI=1S/C17H23N3S/c1-3-9-20-12-14(11-19-20)17(18-4-2)16-10-13-7-5-6-8-15(13)21-16/h5-8,11-12,16-18H,3-4,9-10H2,1-2H3. The molecule has 0 bridgehead atoms. The lowest BCUT2D eigenvalue weighted by molar-refractivity contribution is 0.529. The van der Waals surface area contributed by atoms with Crippen LogP contribution in [0.15, 0.2) is 41.6 Å². The molecule has 0 saturated heterocycles. The monoisotopic (exact) mass is 301 g/mol. The van der Waals surface area contributed by atoms with Crippen molar-refractivity contribution < 1.29 is 0 Å². The largest absolute Gasteiger partial charge is 0.309 e. The Morgan fingerprint density at radius 2 is 2.24 bits per heavy atom. The number of benzene rings is 1. The molecule has 1 aliphatic rings. The van der Waals surface area contributed by atoms with Gasteiger partial charge >= 0.3 is 0 Å². The number of rotatable bonds is 6. The molecule has 0 spiro atoms. The molecule has 21 heavy (non-hydrogen) atoms. The zero-order chi connectivity index (χ0) is 14.7. The lowest BCUT2D eigenvalue weighted by Crippen LogP contribution is -2.29. The summed E-state index contributed by atoms with van der Waals surface area (Å²) in [5.74, 6) is 0. The number of aromatic nitrogens is 2. The third-order valence-electron chi connectivity index (χ3n) is 3.93. The van der Waals surface area contributed by atoms with E-state index >= 15 is 0 Å². The van der Waals surface area contributed by atoms with E-state index < -0.39 is 0 Å². The maximum Gasteiger partial charge on any atom is 0.0538 e. The second-order valence-corrected chi connectivity index (χ2v) is 6.82. The highest BCUT2D eigenvalue weighted by molar-refractivity contribution is 8.00. The van der Waals surface area contributed by atoms with Gasteiger partial charge in [-0.3, -0.25) is 4.68 Å². The lowest BCUT2D eigenvalue weighted by atomic mass is 10.0. The highest BCUT2D eigenvalue weighted by Crippen LogP contribution is 2.42. The average Bonchev–Trinajstić information content (AvgIpc) is 3.11. The van der Waals surface area contributed by atoms with Crippen LogP contribution in [0.1, 0.15) is 37.4 Å². The molecular formula is C17H23N3S. The molecule has 2 heterocycles. The lowest BCUT2D eigenvalue weighted by Gasteiger charge is -2.22. The molecule has 1 aromatic heterocycles. The number of nitrogens with one attached hydrogen (secondary N) is 1. The fourth-order valence-electron chi connectivity index (χ4n) is 2.97. The maximum atomic E-state index is 4.50. The van der Waals surface area contributed by atoms with Gasteiger partial charge in [-0.1, -0.05) is 32.0 Å². The van der Waals surface area contributed by atoms with E-state index in [1.54, 1.807) is 0 Å². The normalized spacial score (nSPS) is 18.7. The third-order valence-corrected chi connectivity index (χ3v) is 5.33. The van der Waals surface area contributed by atoms with Crippen molar-refractivity contribution in [1.82, 2.24) is 15.1 Å². The summed E-state index contributed by atoms with van der Waals surface area (Å²) >= 11 is 2.00. The minimum atomic E-state index is 0.373. The summed E-state index contributed by atoms with van der Waals surface area (Å²) in [6, 6.07) is 9.15. The van der Waals surface area contributed by atoms with E-state index in [9.17, 15) is 0 Å². The molecule has 2 atom stereocenters. The zero-order valence-corrected chi connectivity index (χ0v) is 13.6. The summed E-state index contributed by atoms with van der Waals surface area (Å²) in [4.78, 5) is 1.44. The maximum absolute atomic E-state index is 4.50. The van der Waals surface area contributed by atoms with E-state index in [0.29, 0.717) is 11.3 Å². The summed E-state index contributed by atoms with van der Waals surface area (Å²) in [6.07, 6.45) is 6.50. The van der Waals surface area contributed by atoms with Gasteiger partial charge in [-0.05, 0) is 31.0 Å². The Kier molecular flexibility index (Phi) is 4.66. The predicted octanol–water partition coefficient (Wildman–Crippen LogP) is 3.66. The van der Waals surface area contributed by atoms with Crippen LogP contribution in [-0.2, 0) is 13.0 Å². The molecule has 0 radical (unpaired) electrons. The van der Waals surface area contributed by atoms with Gasteiger partial charge in [-0.25, -0.2) is 0 Å². The molecule has 2 aromatic rings. The molecule has 1 aliphatic heterocycles. The number of hydrogen-bond donors (Lipinski definition) is 1. The minimum Gasteiger partial charge on any atom is -0.309 e. The molecule has 0 saturated carbocycles. The average molecular weight is 301 g/mol. The first-order valence-electron chi connectivity index (χ1n) is 7.82. The molecular weight excluding hydrogens is 278 g/mol. The Bertz CT molecular complexity index is 568. The first-order chi connectivity index (χ1) is 10.3. The van der Waals surface area contributed by atoms with Gasteiger partial charge in [-0.15, -0.1) is 11.8 Å². The van der Waals surface area contributed by atoms with Crippen molar-refractivity contribution in [2.75, 3.05) is 6.54 Å². The van der Waals surface area contributed by atoms with Crippen molar-refractivity contribution in [3.8, 4) is 0 Å². The van der Waals surface area contributed by atoms with Crippen LogP contribution in [0.3, 0.4) is 0 Å². The second-order valence-electron chi connectivity index (χ2n) is 5.54. The Labute approximate surface area is 131 Å². The molecule has 1 aromatic carbocycles. The van der Waals surface area contributed by atoms with Gasteiger partial charge in [0, 0.05) is 34.5 Å². The number of thioether (sulfide) groups is 1. The van der Waals surface area contributed by atoms with Gasteiger partial charge in [0.1, 0.15) is 0 Å². The van der Waals surface area contributed by atoms with Gasteiger partial charge in [-0.2, -0.15) is 5.10 Å². The fraction of sp³-hybridized carbons (Fsp3) is 0.471. The molecule has 1 N–H and O–H groups in total. The molecule has 0 fully saturated rings. The zero-order valence-electron chi connectivity index (χ0n) is 12.7. The molecule has 4 heteroatoms. The number of hydrogen-bond acceptors (Lipinski definition) is 3. The number of aryl methyl sites for hydroxylation is 1. The molecule has 3 rings (SSSR count). The summed E-state index contributed by atoms with van der Waals surface area (Å²) in [5.41, 5.74) is 2.80. The predicted molar refractivity (Wildman–Crippen MR) is 88.7 cm³/mol. The summed E-state index contributed by atoms with van der Waals surface area (Å²) in [6.45, 7) is 6.34. The summed E-state index contributed by atoms with van der Waals surface area (Å²) in [7, 11) is 0. The van der Waals surface area contributed by atoms with Gasteiger partial charge in [0.2, 0.25) is 0 Å². The second kappa shape index (κ2) is 6.67. The van der Waals surface area contributed by atoms with Gasteiger partial charge in [0.05, 0.1) is 6.20 Å². The highest BCUT2D eigenvalue weighted by atomic mass is 32.2. The molecule has 0 aliphatic carbocycles. The van der Waals surface area contributed by atoms with Crippen LogP contribution in [0.4, 0.5) is 0 Å². The van der Waals surface area contributed by atoms with E-state index in [1.165, 1.54) is 16.0 Å². The number of fused-ring (bicyclic) bond motifs is 1. The summed E-state index contributed by atoms with van der Waals surface area (Å²) in [5, 5.41) is 8.71. The molecule has 2 unspecified atom stereocenters.